The topological polar surface area (TPSA) is 55.1 Å². The van der Waals surface area contributed by atoms with Gasteiger partial charge in [0.15, 0.2) is 5.69 Å². The maximum atomic E-state index is 12.3. The van der Waals surface area contributed by atoms with E-state index in [1.165, 1.54) is 19.3 Å². The van der Waals surface area contributed by atoms with Crippen LogP contribution in [0, 0.1) is 11.8 Å². The number of hydrogen-bond donors (Lipinski definition) is 1. The van der Waals surface area contributed by atoms with Gasteiger partial charge in [0, 0.05) is 18.0 Å². The maximum Gasteiger partial charge on any atom is 0.273 e. The van der Waals surface area contributed by atoms with Crippen LogP contribution in [0.1, 0.15) is 81.0 Å². The Morgan fingerprint density at radius 2 is 1.86 bits per heavy atom. The Hall–Kier alpha value is -1.32. The molecule has 116 valence electrons. The van der Waals surface area contributed by atoms with Gasteiger partial charge in [0.25, 0.3) is 5.91 Å². The number of nitrogens with one attached hydrogen (secondary N) is 1. The highest BCUT2D eigenvalue weighted by atomic mass is 16.5. The third kappa shape index (κ3) is 3.86. The van der Waals surface area contributed by atoms with E-state index in [0.717, 1.165) is 37.4 Å². The van der Waals surface area contributed by atoms with Gasteiger partial charge < -0.3 is 9.84 Å². The number of carbonyl (C=O) groups is 1. The van der Waals surface area contributed by atoms with Crippen molar-refractivity contribution in [2.24, 2.45) is 11.8 Å². The Kier molecular flexibility index (Phi) is 4.32. The van der Waals surface area contributed by atoms with E-state index in [-0.39, 0.29) is 11.9 Å². The van der Waals surface area contributed by atoms with Gasteiger partial charge in [-0.15, -0.1) is 0 Å². The van der Waals surface area contributed by atoms with E-state index >= 15 is 0 Å². The van der Waals surface area contributed by atoms with Gasteiger partial charge in [-0.25, -0.2) is 0 Å². The average Bonchev–Trinajstić information content (AvgIpc) is 3.18. The van der Waals surface area contributed by atoms with Crippen LogP contribution >= 0.6 is 0 Å². The molecule has 1 amide bonds. The molecule has 0 radical (unpaired) electrons. The van der Waals surface area contributed by atoms with Crippen molar-refractivity contribution in [3.8, 4) is 0 Å². The molecule has 3 rings (SSSR count). The Bertz CT molecular complexity index is 493. The Balaban J connectivity index is 1.58. The monoisotopic (exact) mass is 290 g/mol. The zero-order valence-corrected chi connectivity index (χ0v) is 13.1. The second-order valence-corrected chi connectivity index (χ2v) is 7.16. The molecule has 4 heteroatoms. The van der Waals surface area contributed by atoms with E-state index < -0.39 is 0 Å². The lowest BCUT2D eigenvalue weighted by Crippen LogP contribution is -2.37. The molecule has 2 fully saturated rings. The summed E-state index contributed by atoms with van der Waals surface area (Å²) >= 11 is 0. The van der Waals surface area contributed by atoms with Crippen LogP contribution in [-0.2, 0) is 0 Å². The minimum Gasteiger partial charge on any atom is -0.360 e. The van der Waals surface area contributed by atoms with Crippen molar-refractivity contribution in [2.45, 2.75) is 70.8 Å². The van der Waals surface area contributed by atoms with Crippen molar-refractivity contribution < 1.29 is 9.32 Å². The fourth-order valence-corrected chi connectivity index (χ4v) is 3.27. The van der Waals surface area contributed by atoms with E-state index in [4.69, 9.17) is 4.52 Å². The van der Waals surface area contributed by atoms with E-state index in [0.29, 0.717) is 17.5 Å². The summed E-state index contributed by atoms with van der Waals surface area (Å²) in [5.41, 5.74) is 0.444. The predicted octanol–water partition coefficient (Wildman–Crippen LogP) is 3.89. The zero-order valence-electron chi connectivity index (χ0n) is 13.1. The van der Waals surface area contributed by atoms with Crippen LogP contribution in [0.4, 0.5) is 0 Å². The highest BCUT2D eigenvalue weighted by Crippen LogP contribution is 2.40. The Morgan fingerprint density at radius 1 is 1.14 bits per heavy atom. The standard InChI is InChI=1S/C17H26N2O2/c1-11-3-4-12(2)9-14(8-5-11)18-17(20)15-10-16(21-19-15)13-6-7-13/h10-14H,3-9H2,1-2H3,(H,18,20)/t11?,12-,14?/m0/s1. The smallest absolute Gasteiger partial charge is 0.273 e. The zero-order chi connectivity index (χ0) is 14.8. The number of aromatic nitrogens is 1. The van der Waals surface area contributed by atoms with Gasteiger partial charge in [0.1, 0.15) is 5.76 Å². The molecule has 2 unspecified atom stereocenters. The molecule has 2 saturated carbocycles. The van der Waals surface area contributed by atoms with Crippen LogP contribution in [0.25, 0.3) is 0 Å². The molecule has 0 spiro atoms. The Morgan fingerprint density at radius 3 is 2.62 bits per heavy atom. The average molecular weight is 290 g/mol. The summed E-state index contributed by atoms with van der Waals surface area (Å²) in [6, 6.07) is 2.10. The van der Waals surface area contributed by atoms with Crippen LogP contribution in [-0.4, -0.2) is 17.1 Å². The van der Waals surface area contributed by atoms with Crippen molar-refractivity contribution in [3.05, 3.63) is 17.5 Å². The first kappa shape index (κ1) is 14.6. The molecule has 2 aliphatic rings. The molecule has 1 heterocycles. The molecule has 21 heavy (non-hydrogen) atoms. The van der Waals surface area contributed by atoms with Gasteiger partial charge in [-0.05, 0) is 43.9 Å². The molecule has 0 saturated heterocycles. The lowest BCUT2D eigenvalue weighted by molar-refractivity contribution is 0.0914. The number of rotatable bonds is 3. The summed E-state index contributed by atoms with van der Waals surface area (Å²) in [7, 11) is 0. The third-order valence-corrected chi connectivity index (χ3v) is 4.92. The Labute approximate surface area is 126 Å². The molecular formula is C17H26N2O2. The van der Waals surface area contributed by atoms with Crippen LogP contribution in [0.5, 0.6) is 0 Å². The van der Waals surface area contributed by atoms with Crippen LogP contribution < -0.4 is 5.32 Å². The lowest BCUT2D eigenvalue weighted by Gasteiger charge is -2.27. The molecule has 1 aromatic rings. The fraction of sp³-hybridized carbons (Fsp3) is 0.765. The quantitative estimate of drug-likeness (QED) is 0.919. The number of carbonyl (C=O) groups excluding carboxylic acids is 1. The normalized spacial score (nSPS) is 30.5. The molecular weight excluding hydrogens is 264 g/mol. The third-order valence-electron chi connectivity index (χ3n) is 4.92. The number of nitrogens with zero attached hydrogens (tertiary/aromatic N) is 1. The lowest BCUT2D eigenvalue weighted by atomic mass is 9.85. The largest absolute Gasteiger partial charge is 0.360 e. The van der Waals surface area contributed by atoms with Gasteiger partial charge >= 0.3 is 0 Å². The van der Waals surface area contributed by atoms with E-state index in [1.54, 1.807) is 0 Å². The molecule has 0 aliphatic heterocycles. The van der Waals surface area contributed by atoms with Gasteiger partial charge in [-0.1, -0.05) is 31.8 Å². The molecule has 4 nitrogen and oxygen atoms in total. The van der Waals surface area contributed by atoms with Gasteiger partial charge in [-0.2, -0.15) is 0 Å². The highest BCUT2D eigenvalue weighted by molar-refractivity contribution is 5.92. The summed E-state index contributed by atoms with van der Waals surface area (Å²) < 4.78 is 5.27. The predicted molar refractivity (Wildman–Crippen MR) is 81.1 cm³/mol. The van der Waals surface area contributed by atoms with Crippen LogP contribution in [0.2, 0.25) is 0 Å². The summed E-state index contributed by atoms with van der Waals surface area (Å²) in [5, 5.41) is 7.10. The summed E-state index contributed by atoms with van der Waals surface area (Å²) in [6.07, 6.45) is 8.25. The second-order valence-electron chi connectivity index (χ2n) is 7.16. The van der Waals surface area contributed by atoms with Crippen molar-refractivity contribution in [2.75, 3.05) is 0 Å². The van der Waals surface area contributed by atoms with Gasteiger partial charge in [-0.3, -0.25) is 4.79 Å². The van der Waals surface area contributed by atoms with Crippen molar-refractivity contribution in [3.63, 3.8) is 0 Å². The van der Waals surface area contributed by atoms with Gasteiger partial charge in [0.05, 0.1) is 0 Å². The maximum absolute atomic E-state index is 12.3. The number of hydrogen-bond acceptors (Lipinski definition) is 3. The molecule has 1 aromatic heterocycles. The summed E-state index contributed by atoms with van der Waals surface area (Å²) in [6.45, 7) is 4.61. The van der Waals surface area contributed by atoms with Crippen molar-refractivity contribution >= 4 is 5.91 Å². The molecule has 3 atom stereocenters. The molecule has 2 aliphatic carbocycles. The van der Waals surface area contributed by atoms with Gasteiger partial charge in [0.2, 0.25) is 0 Å². The fourth-order valence-electron chi connectivity index (χ4n) is 3.27. The first-order chi connectivity index (χ1) is 10.1. The van der Waals surface area contributed by atoms with Crippen molar-refractivity contribution in [1.29, 1.82) is 0 Å². The van der Waals surface area contributed by atoms with E-state index in [1.807, 2.05) is 6.07 Å². The first-order valence-corrected chi connectivity index (χ1v) is 8.39. The summed E-state index contributed by atoms with van der Waals surface area (Å²) in [4.78, 5) is 12.3. The SMILES string of the molecule is CC1CCC(NC(=O)c2cc(C3CC3)on2)C[C@@H](C)CC1. The molecule has 1 N–H and O–H groups in total. The minimum atomic E-state index is -0.0731. The minimum absolute atomic E-state index is 0.0731. The number of amides is 1. The van der Waals surface area contributed by atoms with Crippen LogP contribution in [0.3, 0.4) is 0 Å². The summed E-state index contributed by atoms with van der Waals surface area (Å²) in [5.74, 6) is 2.75. The van der Waals surface area contributed by atoms with Crippen molar-refractivity contribution in [1.82, 2.24) is 10.5 Å². The van der Waals surface area contributed by atoms with Crippen LogP contribution in [0.15, 0.2) is 10.6 Å². The first-order valence-electron chi connectivity index (χ1n) is 8.39. The second kappa shape index (κ2) is 6.20. The van der Waals surface area contributed by atoms with E-state index in [2.05, 4.69) is 24.3 Å². The van der Waals surface area contributed by atoms with E-state index in [9.17, 15) is 4.79 Å². The molecule has 0 aromatic carbocycles. The molecule has 0 bridgehead atoms. The highest BCUT2D eigenvalue weighted by Gasteiger charge is 2.29.